The summed E-state index contributed by atoms with van der Waals surface area (Å²) in [6, 6.07) is 5.93. The van der Waals surface area contributed by atoms with Crippen LogP contribution in [0.5, 0.6) is 5.75 Å². The van der Waals surface area contributed by atoms with E-state index in [1.807, 2.05) is 6.07 Å². The first-order chi connectivity index (χ1) is 11.8. The van der Waals surface area contributed by atoms with E-state index in [9.17, 15) is 5.11 Å². The maximum atomic E-state index is 9.84. The molecule has 0 amide bonds. The highest BCUT2D eigenvalue weighted by Crippen LogP contribution is 2.34. The van der Waals surface area contributed by atoms with Crippen molar-refractivity contribution in [2.24, 2.45) is 0 Å². The van der Waals surface area contributed by atoms with Gasteiger partial charge in [0.05, 0.1) is 0 Å². The van der Waals surface area contributed by atoms with Crippen molar-refractivity contribution >= 4 is 25.8 Å². The summed E-state index contributed by atoms with van der Waals surface area (Å²) in [7, 11) is -7.86. The van der Waals surface area contributed by atoms with Gasteiger partial charge in [0, 0.05) is 0 Å². The summed E-state index contributed by atoms with van der Waals surface area (Å²) in [4.78, 5) is 65.1. The van der Waals surface area contributed by atoms with E-state index in [1.54, 1.807) is 6.07 Å². The third kappa shape index (κ3) is 23.9. The Bertz CT molecular complexity index is 476. The van der Waals surface area contributed by atoms with Gasteiger partial charge in [-0.1, -0.05) is 53.7 Å². The fourth-order valence-electron chi connectivity index (χ4n) is 1.60. The molecule has 0 aliphatic rings. The van der Waals surface area contributed by atoms with E-state index in [0.717, 1.165) is 5.56 Å². The first kappa shape index (κ1) is 31.6. The Kier molecular flexibility index (Phi) is 17.4. The lowest BCUT2D eigenvalue weighted by Crippen LogP contribution is -2.16. The van der Waals surface area contributed by atoms with Crippen LogP contribution in [0.4, 0.5) is 0 Å². The first-order valence-corrected chi connectivity index (χ1v) is 10.9. The zero-order valence-electron chi connectivity index (χ0n) is 16.0. The molecule has 10 nitrogen and oxygen atoms in total. The van der Waals surface area contributed by atoms with Crippen molar-refractivity contribution < 1.29 is 49.1 Å². The monoisotopic (exact) mass is 452 g/mol. The minimum absolute atomic E-state index is 0.00859. The minimum atomic E-state index is -2.62. The van der Waals surface area contributed by atoms with Crippen molar-refractivity contribution in [3.05, 3.63) is 29.3 Å². The van der Waals surface area contributed by atoms with Crippen LogP contribution in [-0.4, -0.2) is 49.1 Å². The maximum Gasteiger partial charge on any atom is 0.324 e. The molecule has 10 N–H and O–H groups in total. The molecule has 0 saturated carbocycles. The molecule has 0 radical (unpaired) electrons. The maximum absolute atomic E-state index is 9.84. The van der Waals surface area contributed by atoms with Crippen LogP contribution in [0.1, 0.15) is 52.7 Å². The van der Waals surface area contributed by atoms with Crippen molar-refractivity contribution in [2.45, 2.75) is 52.4 Å². The van der Waals surface area contributed by atoms with Crippen molar-refractivity contribution in [2.75, 3.05) is 0 Å². The summed E-state index contributed by atoms with van der Waals surface area (Å²) in [6.45, 7) is 12.9. The van der Waals surface area contributed by atoms with Crippen LogP contribution in [0.15, 0.2) is 18.2 Å². The van der Waals surface area contributed by atoms with Crippen LogP contribution in [0.25, 0.3) is 0 Å². The summed E-state index contributed by atoms with van der Waals surface area (Å²) < 4.78 is 0. The average Bonchev–Trinajstić information content (AvgIpc) is 2.33. The quantitative estimate of drug-likeness (QED) is 0.257. The Morgan fingerprint density at radius 2 is 0.889 bits per heavy atom. The number of hydrogen-bond donors (Lipinski definition) is 10. The van der Waals surface area contributed by atoms with Crippen LogP contribution in [0.2, 0.25) is 0 Å². The second kappa shape index (κ2) is 14.9. The molecule has 0 bridgehead atoms. The Morgan fingerprint density at radius 3 is 1.11 bits per heavy atom. The topological polar surface area (TPSA) is 202 Å². The van der Waals surface area contributed by atoms with Gasteiger partial charge in [0.2, 0.25) is 0 Å². The molecule has 1 aromatic carbocycles. The summed E-state index contributed by atoms with van der Waals surface area (Å²) in [6.07, 6.45) is 0. The third-order valence-corrected chi connectivity index (χ3v) is 2.67. The molecule has 0 aromatic heterocycles. The number of hydrogen-bond acceptors (Lipinski definition) is 10. The number of aromatic hydroxyl groups is 1. The highest BCUT2D eigenvalue weighted by molar-refractivity contribution is 7.38. The van der Waals surface area contributed by atoms with E-state index in [-0.39, 0.29) is 10.8 Å². The van der Waals surface area contributed by atoms with Crippen molar-refractivity contribution in [3.63, 3.8) is 0 Å². The van der Waals surface area contributed by atoms with Crippen LogP contribution in [0.3, 0.4) is 0 Å². The molecule has 0 atom stereocenters. The molecule has 0 aliphatic heterocycles. The Labute approximate surface area is 163 Å². The Hall–Kier alpha value is -0.0500. The molecule has 162 valence electrons. The van der Waals surface area contributed by atoms with E-state index in [1.165, 1.54) is 5.56 Å². The second-order valence-electron chi connectivity index (χ2n) is 7.04. The molecule has 0 heterocycles. The first-order valence-electron chi connectivity index (χ1n) is 7.26. The van der Waals surface area contributed by atoms with Crippen LogP contribution in [0, 0.1) is 0 Å². The van der Waals surface area contributed by atoms with Gasteiger partial charge in [0.15, 0.2) is 0 Å². The number of phenols is 1. The minimum Gasteiger partial charge on any atom is -0.508 e. The van der Waals surface area contributed by atoms with E-state index in [0.29, 0.717) is 5.75 Å². The van der Waals surface area contributed by atoms with E-state index >= 15 is 0 Å². The lowest BCUT2D eigenvalue weighted by atomic mass is 9.80. The van der Waals surface area contributed by atoms with Gasteiger partial charge in [-0.3, -0.25) is 0 Å². The standard InChI is InChI=1S/C14H22O.3H3O3P/c1-13(2,3)10-7-8-12(15)11(9-10)14(4,5)6;3*1-4(2)3/h7-9,15H,1-6H3;3*1-3H. The number of benzene rings is 1. The van der Waals surface area contributed by atoms with Gasteiger partial charge in [-0.25, -0.2) is 0 Å². The van der Waals surface area contributed by atoms with E-state index in [4.69, 9.17) is 44.0 Å². The lowest BCUT2D eigenvalue weighted by molar-refractivity contribution is 0.366. The summed E-state index contributed by atoms with van der Waals surface area (Å²) in [5, 5.41) is 9.84. The van der Waals surface area contributed by atoms with Gasteiger partial charge >= 0.3 is 25.8 Å². The predicted molar refractivity (Wildman–Crippen MR) is 106 cm³/mol. The summed E-state index contributed by atoms with van der Waals surface area (Å²) >= 11 is 0. The molecular formula is C14H31O10P3. The van der Waals surface area contributed by atoms with Crippen molar-refractivity contribution in [1.82, 2.24) is 0 Å². The molecule has 0 spiro atoms. The normalized spacial score (nSPS) is 11.2. The molecule has 27 heavy (non-hydrogen) atoms. The molecule has 1 rings (SSSR count). The molecule has 0 unspecified atom stereocenters. The highest BCUT2D eigenvalue weighted by atomic mass is 31.2. The fraction of sp³-hybridized carbons (Fsp3) is 0.571. The third-order valence-electron chi connectivity index (χ3n) is 2.67. The van der Waals surface area contributed by atoms with Gasteiger partial charge in [-0.15, -0.1) is 0 Å². The van der Waals surface area contributed by atoms with Crippen molar-refractivity contribution in [1.29, 1.82) is 0 Å². The molecular weight excluding hydrogens is 421 g/mol. The van der Waals surface area contributed by atoms with Crippen molar-refractivity contribution in [3.8, 4) is 5.75 Å². The summed E-state index contributed by atoms with van der Waals surface area (Å²) in [5.74, 6) is 0.399. The number of rotatable bonds is 0. The van der Waals surface area contributed by atoms with Gasteiger partial charge < -0.3 is 49.1 Å². The lowest BCUT2D eigenvalue weighted by Gasteiger charge is -2.25. The van der Waals surface area contributed by atoms with Crippen LogP contribution < -0.4 is 0 Å². The van der Waals surface area contributed by atoms with Crippen LogP contribution in [-0.2, 0) is 10.8 Å². The molecule has 0 fully saturated rings. The Morgan fingerprint density at radius 1 is 0.593 bits per heavy atom. The highest BCUT2D eigenvalue weighted by Gasteiger charge is 2.21. The van der Waals surface area contributed by atoms with Crippen LogP contribution >= 0.6 is 25.8 Å². The zero-order valence-corrected chi connectivity index (χ0v) is 18.7. The summed E-state index contributed by atoms with van der Waals surface area (Å²) in [5.41, 5.74) is 2.42. The molecule has 0 saturated heterocycles. The predicted octanol–water partition coefficient (Wildman–Crippen LogP) is 1.56. The van der Waals surface area contributed by atoms with Gasteiger partial charge in [-0.2, -0.15) is 0 Å². The average molecular weight is 452 g/mol. The molecule has 13 heteroatoms. The van der Waals surface area contributed by atoms with Gasteiger partial charge in [0.25, 0.3) is 0 Å². The zero-order chi connectivity index (χ0) is 22.6. The molecule has 0 aliphatic carbocycles. The van der Waals surface area contributed by atoms with E-state index < -0.39 is 25.8 Å². The largest absolute Gasteiger partial charge is 0.508 e. The SMILES string of the molecule is CC(C)(C)c1ccc(O)c(C(C)(C)C)c1.OP(O)O.OP(O)O.OP(O)O. The van der Waals surface area contributed by atoms with E-state index in [2.05, 4.69) is 47.6 Å². The van der Waals surface area contributed by atoms with Gasteiger partial charge in [0.1, 0.15) is 5.75 Å². The molecule has 1 aromatic rings. The number of phenolic OH excluding ortho intramolecular Hbond substituents is 1. The smallest absolute Gasteiger partial charge is 0.324 e. The van der Waals surface area contributed by atoms with Gasteiger partial charge in [-0.05, 0) is 28.0 Å². The fourth-order valence-corrected chi connectivity index (χ4v) is 1.60. The Balaban J connectivity index is -0.000000394. The second-order valence-corrected chi connectivity index (χ2v) is 8.65.